The topological polar surface area (TPSA) is 117 Å². The van der Waals surface area contributed by atoms with Gasteiger partial charge in [-0.05, 0) is 17.7 Å². The zero-order chi connectivity index (χ0) is 26.9. The number of ether oxygens (including phenoxy) is 8. The quantitative estimate of drug-likeness (QED) is 0.106. The van der Waals surface area contributed by atoms with Crippen molar-refractivity contribution in [3.05, 3.63) is 70.3 Å². The molecule has 2 aromatic carbocycles. The van der Waals surface area contributed by atoms with Crippen molar-refractivity contribution >= 4 is 5.69 Å². The first-order valence-electron chi connectivity index (χ1n) is 12.7. The van der Waals surface area contributed by atoms with Crippen molar-refractivity contribution in [2.45, 2.75) is 6.61 Å². The highest BCUT2D eigenvalue weighted by atomic mass is 16.6. The van der Waals surface area contributed by atoms with Crippen LogP contribution < -0.4 is 4.74 Å². The molecule has 0 fully saturated rings. The first-order chi connectivity index (χ1) is 18.8. The van der Waals surface area contributed by atoms with Gasteiger partial charge in [-0.1, -0.05) is 30.3 Å². The van der Waals surface area contributed by atoms with Gasteiger partial charge in [0.1, 0.15) is 12.4 Å². The van der Waals surface area contributed by atoms with Gasteiger partial charge in [-0.3, -0.25) is 10.1 Å². The molecule has 11 heteroatoms. The van der Waals surface area contributed by atoms with Crippen LogP contribution in [0.2, 0.25) is 0 Å². The molecule has 11 nitrogen and oxygen atoms in total. The zero-order valence-corrected chi connectivity index (χ0v) is 21.8. The van der Waals surface area contributed by atoms with Crippen LogP contribution in [0.15, 0.2) is 54.6 Å². The summed E-state index contributed by atoms with van der Waals surface area (Å²) >= 11 is 0. The summed E-state index contributed by atoms with van der Waals surface area (Å²) in [6, 6.07) is 16.0. The standard InChI is InChI=1S/C27H39NO10/c29-28(30)26-6-8-27(9-7-26)38-23-22-36-19-18-34-15-14-32-11-10-31-12-13-33-16-17-35-20-21-37-24-25-4-2-1-3-5-25/h1-9H,10-24H2. The lowest BCUT2D eigenvalue weighted by atomic mass is 10.2. The molecular weight excluding hydrogens is 498 g/mol. The number of benzene rings is 2. The predicted molar refractivity (Wildman–Crippen MR) is 140 cm³/mol. The molecular formula is C27H39NO10. The van der Waals surface area contributed by atoms with Crippen LogP contribution in [0.3, 0.4) is 0 Å². The van der Waals surface area contributed by atoms with Gasteiger partial charge >= 0.3 is 0 Å². The Hall–Kier alpha value is -2.64. The van der Waals surface area contributed by atoms with E-state index in [0.717, 1.165) is 5.56 Å². The Morgan fingerprint density at radius 1 is 0.500 bits per heavy atom. The summed E-state index contributed by atoms with van der Waals surface area (Å²) in [6.45, 7) is 7.35. The van der Waals surface area contributed by atoms with E-state index in [1.807, 2.05) is 30.3 Å². The monoisotopic (exact) mass is 537 g/mol. The van der Waals surface area contributed by atoms with E-state index in [2.05, 4.69) is 0 Å². The Morgan fingerprint density at radius 2 is 0.895 bits per heavy atom. The van der Waals surface area contributed by atoms with Crippen LogP contribution in [-0.4, -0.2) is 97.4 Å². The fourth-order valence-electron chi connectivity index (χ4n) is 2.97. The first kappa shape index (κ1) is 31.6. The minimum atomic E-state index is -0.450. The van der Waals surface area contributed by atoms with Crippen LogP contribution in [-0.2, 0) is 39.8 Å². The van der Waals surface area contributed by atoms with E-state index in [0.29, 0.717) is 105 Å². The van der Waals surface area contributed by atoms with Crippen LogP contribution in [0.4, 0.5) is 5.69 Å². The molecule has 0 aliphatic carbocycles. The van der Waals surface area contributed by atoms with Crippen LogP contribution in [0.5, 0.6) is 5.75 Å². The summed E-state index contributed by atoms with van der Waals surface area (Å²) in [7, 11) is 0. The van der Waals surface area contributed by atoms with Gasteiger partial charge in [0.15, 0.2) is 0 Å². The highest BCUT2D eigenvalue weighted by Crippen LogP contribution is 2.17. The molecule has 212 valence electrons. The molecule has 2 rings (SSSR count). The number of hydrogen-bond acceptors (Lipinski definition) is 10. The predicted octanol–water partition coefficient (Wildman–Crippen LogP) is 3.29. The number of nitro groups is 1. The normalized spacial score (nSPS) is 11.1. The fraction of sp³-hybridized carbons (Fsp3) is 0.556. The highest BCUT2D eigenvalue weighted by molar-refractivity contribution is 5.35. The van der Waals surface area contributed by atoms with E-state index in [1.165, 1.54) is 12.1 Å². The van der Waals surface area contributed by atoms with E-state index in [1.54, 1.807) is 12.1 Å². The molecule has 0 radical (unpaired) electrons. The molecule has 38 heavy (non-hydrogen) atoms. The third kappa shape index (κ3) is 17.0. The first-order valence-corrected chi connectivity index (χ1v) is 12.7. The third-order valence-electron chi connectivity index (χ3n) is 4.89. The molecule has 0 saturated heterocycles. The average Bonchev–Trinajstić information content (AvgIpc) is 2.94. The van der Waals surface area contributed by atoms with E-state index in [-0.39, 0.29) is 5.69 Å². The Morgan fingerprint density at radius 3 is 1.32 bits per heavy atom. The number of nitrogens with zero attached hydrogens (tertiary/aromatic N) is 1. The van der Waals surface area contributed by atoms with Gasteiger partial charge in [0, 0.05) is 12.1 Å². The summed E-state index contributed by atoms with van der Waals surface area (Å²) in [4.78, 5) is 10.2. The van der Waals surface area contributed by atoms with E-state index < -0.39 is 4.92 Å². The van der Waals surface area contributed by atoms with Crippen molar-refractivity contribution in [3.8, 4) is 5.75 Å². The summed E-state index contributed by atoms with van der Waals surface area (Å²) in [6.07, 6.45) is 0. The zero-order valence-electron chi connectivity index (χ0n) is 21.8. The van der Waals surface area contributed by atoms with Gasteiger partial charge in [-0.15, -0.1) is 0 Å². The number of nitro benzene ring substituents is 1. The number of rotatable bonds is 25. The van der Waals surface area contributed by atoms with Crippen LogP contribution >= 0.6 is 0 Å². The van der Waals surface area contributed by atoms with Crippen molar-refractivity contribution in [2.75, 3.05) is 92.5 Å². The lowest BCUT2D eigenvalue weighted by Gasteiger charge is -2.09. The Kier molecular flexibility index (Phi) is 18.6. The van der Waals surface area contributed by atoms with Crippen molar-refractivity contribution in [1.29, 1.82) is 0 Å². The van der Waals surface area contributed by atoms with Crippen molar-refractivity contribution in [3.63, 3.8) is 0 Å². The molecule has 0 bridgehead atoms. The van der Waals surface area contributed by atoms with Crippen LogP contribution in [0.25, 0.3) is 0 Å². The maximum Gasteiger partial charge on any atom is 0.269 e. The van der Waals surface area contributed by atoms with Gasteiger partial charge in [0.05, 0.1) is 97.4 Å². The van der Waals surface area contributed by atoms with Crippen molar-refractivity contribution in [2.24, 2.45) is 0 Å². The number of hydrogen-bond donors (Lipinski definition) is 0. The molecule has 0 unspecified atom stereocenters. The Labute approximate surface area is 224 Å². The molecule has 0 saturated carbocycles. The minimum Gasteiger partial charge on any atom is -0.491 e. The van der Waals surface area contributed by atoms with E-state index >= 15 is 0 Å². The second-order valence-electron chi connectivity index (χ2n) is 7.81. The number of non-ortho nitro benzene ring substituents is 1. The van der Waals surface area contributed by atoms with Gasteiger partial charge < -0.3 is 37.9 Å². The molecule has 0 heterocycles. The molecule has 0 amide bonds. The smallest absolute Gasteiger partial charge is 0.269 e. The molecule has 0 aliphatic heterocycles. The van der Waals surface area contributed by atoms with Crippen LogP contribution in [0.1, 0.15) is 5.56 Å². The SMILES string of the molecule is O=[N+]([O-])c1ccc(OCCOCCOCCOCCOCCOCCOCCOCc2ccccc2)cc1. The molecule has 0 N–H and O–H groups in total. The maximum absolute atomic E-state index is 10.6. The average molecular weight is 538 g/mol. The molecule has 2 aromatic rings. The lowest BCUT2D eigenvalue weighted by molar-refractivity contribution is -0.384. The van der Waals surface area contributed by atoms with Gasteiger partial charge in [-0.25, -0.2) is 0 Å². The van der Waals surface area contributed by atoms with Crippen LogP contribution in [0, 0.1) is 10.1 Å². The summed E-state index contributed by atoms with van der Waals surface area (Å²) in [5.74, 6) is 0.561. The van der Waals surface area contributed by atoms with Crippen molar-refractivity contribution in [1.82, 2.24) is 0 Å². The largest absolute Gasteiger partial charge is 0.491 e. The second-order valence-corrected chi connectivity index (χ2v) is 7.81. The lowest BCUT2D eigenvalue weighted by Crippen LogP contribution is -2.15. The second kappa shape index (κ2) is 22.4. The Bertz CT molecular complexity index is 822. The van der Waals surface area contributed by atoms with Gasteiger partial charge in [0.2, 0.25) is 0 Å². The summed E-state index contributed by atoms with van der Waals surface area (Å²) in [5.41, 5.74) is 1.18. The molecule has 0 atom stereocenters. The van der Waals surface area contributed by atoms with Crippen molar-refractivity contribution < 1.29 is 42.8 Å². The molecule has 0 spiro atoms. The Balaban J connectivity index is 1.21. The van der Waals surface area contributed by atoms with E-state index in [4.69, 9.17) is 37.9 Å². The summed E-state index contributed by atoms with van der Waals surface area (Å²) < 4.78 is 43.7. The highest BCUT2D eigenvalue weighted by Gasteiger charge is 2.04. The molecule has 0 aromatic heterocycles. The third-order valence-corrected chi connectivity index (χ3v) is 4.89. The molecule has 0 aliphatic rings. The minimum absolute atomic E-state index is 0.0297. The van der Waals surface area contributed by atoms with E-state index in [9.17, 15) is 10.1 Å². The van der Waals surface area contributed by atoms with Gasteiger partial charge in [-0.2, -0.15) is 0 Å². The fourth-order valence-corrected chi connectivity index (χ4v) is 2.97. The summed E-state index contributed by atoms with van der Waals surface area (Å²) in [5, 5.41) is 10.6. The maximum atomic E-state index is 10.6. The van der Waals surface area contributed by atoms with Gasteiger partial charge in [0.25, 0.3) is 5.69 Å².